The number of carbonyl (C=O) groups excluding carboxylic acids is 1. The predicted octanol–water partition coefficient (Wildman–Crippen LogP) is 3.23. The Bertz CT molecular complexity index is 1330. The molecule has 2 heterocycles. The summed E-state index contributed by atoms with van der Waals surface area (Å²) in [6.07, 6.45) is 5.20. The predicted molar refractivity (Wildman–Crippen MR) is 124 cm³/mol. The number of fused-ring (bicyclic) bond motifs is 1. The van der Waals surface area contributed by atoms with Gasteiger partial charge in [-0.25, -0.2) is 4.68 Å². The van der Waals surface area contributed by atoms with Crippen molar-refractivity contribution in [2.45, 2.75) is 43.7 Å². The number of aromatic amines is 1. The Balaban J connectivity index is 1.22. The van der Waals surface area contributed by atoms with E-state index >= 15 is 0 Å². The monoisotopic (exact) mass is 443 g/mol. The van der Waals surface area contributed by atoms with Gasteiger partial charge in [0.25, 0.3) is 5.91 Å². The molecule has 9 nitrogen and oxygen atoms in total. The Kier molecular flexibility index (Phi) is 4.65. The van der Waals surface area contributed by atoms with Crippen molar-refractivity contribution in [3.05, 3.63) is 53.7 Å². The molecule has 0 atom stereocenters. The van der Waals surface area contributed by atoms with Gasteiger partial charge >= 0.3 is 0 Å². The second-order valence-corrected chi connectivity index (χ2v) is 9.01. The summed E-state index contributed by atoms with van der Waals surface area (Å²) < 4.78 is 1.73. The molecule has 0 spiro atoms. The molecule has 0 aliphatic heterocycles. The summed E-state index contributed by atoms with van der Waals surface area (Å²) in [6, 6.07) is 11.4. The second kappa shape index (κ2) is 7.70. The highest BCUT2D eigenvalue weighted by molar-refractivity contribution is 5.95. The van der Waals surface area contributed by atoms with E-state index in [9.17, 15) is 9.90 Å². The van der Waals surface area contributed by atoms with Crippen molar-refractivity contribution in [2.24, 2.45) is 7.05 Å². The molecule has 4 aromatic rings. The molecule has 9 heteroatoms. The number of aryl methyl sites for hydroxylation is 1. The van der Waals surface area contributed by atoms with E-state index < -0.39 is 0 Å². The van der Waals surface area contributed by atoms with Crippen LogP contribution in [0.2, 0.25) is 0 Å². The lowest BCUT2D eigenvalue weighted by atomic mass is 9.89. The fourth-order valence-corrected chi connectivity index (χ4v) is 4.44. The molecule has 0 saturated heterocycles. The Labute approximate surface area is 190 Å². The first kappa shape index (κ1) is 19.9. The van der Waals surface area contributed by atoms with Gasteiger partial charge in [-0.15, -0.1) is 5.10 Å². The summed E-state index contributed by atoms with van der Waals surface area (Å²) in [4.78, 5) is 17.1. The summed E-state index contributed by atoms with van der Waals surface area (Å²) in [6.45, 7) is 0. The fourth-order valence-electron chi connectivity index (χ4n) is 4.44. The molecule has 168 valence electrons. The van der Waals surface area contributed by atoms with Gasteiger partial charge in [0.15, 0.2) is 5.82 Å². The molecule has 0 radical (unpaired) electrons. The van der Waals surface area contributed by atoms with Crippen LogP contribution in [0.25, 0.3) is 22.3 Å². The summed E-state index contributed by atoms with van der Waals surface area (Å²) >= 11 is 0. The number of aliphatic hydroxyl groups is 1. The number of H-pyrrole nitrogens is 1. The minimum Gasteiger partial charge on any atom is -0.393 e. The van der Waals surface area contributed by atoms with Crippen molar-refractivity contribution in [2.75, 3.05) is 5.32 Å². The van der Waals surface area contributed by atoms with Gasteiger partial charge in [0.05, 0.1) is 17.8 Å². The highest BCUT2D eigenvalue weighted by atomic mass is 16.3. The third kappa shape index (κ3) is 3.74. The SMILES string of the molecule is Cn1nc(-c2ccc(C(=O)NC3CC(O)C3)cc2)nc1Nc1ccc2[nH]ncc2c1C1CC1. The maximum Gasteiger partial charge on any atom is 0.251 e. The number of aromatic nitrogens is 5. The number of hydrogen-bond acceptors (Lipinski definition) is 6. The minimum atomic E-state index is -0.294. The second-order valence-electron chi connectivity index (χ2n) is 9.01. The zero-order valence-corrected chi connectivity index (χ0v) is 18.2. The third-order valence-electron chi connectivity index (χ3n) is 6.51. The summed E-state index contributed by atoms with van der Waals surface area (Å²) in [5.74, 6) is 1.66. The molecule has 2 saturated carbocycles. The average Bonchev–Trinajstić information content (AvgIpc) is 3.40. The topological polar surface area (TPSA) is 121 Å². The smallest absolute Gasteiger partial charge is 0.251 e. The van der Waals surface area contributed by atoms with Crippen LogP contribution in [-0.4, -0.2) is 48.1 Å². The minimum absolute atomic E-state index is 0.0556. The van der Waals surface area contributed by atoms with Gasteiger partial charge in [-0.05, 0) is 61.4 Å². The first-order valence-electron chi connectivity index (χ1n) is 11.3. The van der Waals surface area contributed by atoms with Gasteiger partial charge in [0.1, 0.15) is 0 Å². The van der Waals surface area contributed by atoms with Crippen LogP contribution in [0.4, 0.5) is 11.6 Å². The van der Waals surface area contributed by atoms with Crippen LogP contribution in [0, 0.1) is 0 Å². The number of nitrogens with one attached hydrogen (secondary N) is 3. The van der Waals surface area contributed by atoms with E-state index in [4.69, 9.17) is 4.98 Å². The van der Waals surface area contributed by atoms with E-state index in [-0.39, 0.29) is 18.1 Å². The highest BCUT2D eigenvalue weighted by Crippen LogP contribution is 2.47. The molecule has 0 unspecified atom stereocenters. The first-order chi connectivity index (χ1) is 16.0. The van der Waals surface area contributed by atoms with Crippen molar-refractivity contribution in [3.8, 4) is 11.4 Å². The first-order valence-corrected chi connectivity index (χ1v) is 11.3. The van der Waals surface area contributed by atoms with Gasteiger partial charge in [0, 0.05) is 35.3 Å². The summed E-state index contributed by atoms with van der Waals surface area (Å²) in [7, 11) is 1.86. The van der Waals surface area contributed by atoms with Gasteiger partial charge in [-0.1, -0.05) is 12.1 Å². The fraction of sp³-hybridized carbons (Fsp3) is 0.333. The molecule has 6 rings (SSSR count). The maximum atomic E-state index is 12.4. The van der Waals surface area contributed by atoms with Crippen LogP contribution >= 0.6 is 0 Å². The average molecular weight is 444 g/mol. The molecule has 33 heavy (non-hydrogen) atoms. The normalized spacial score (nSPS) is 19.9. The van der Waals surface area contributed by atoms with E-state index in [1.165, 1.54) is 18.4 Å². The molecule has 4 N–H and O–H groups in total. The number of aliphatic hydroxyl groups excluding tert-OH is 1. The van der Waals surface area contributed by atoms with Crippen LogP contribution in [0.3, 0.4) is 0 Å². The standard InChI is InChI=1S/C24H25N7O2/c1-31-24(27-20-9-8-19-18(12-25-29-19)21(20)13-2-3-13)28-22(30-31)14-4-6-15(7-5-14)23(33)26-16-10-17(32)11-16/h4-9,12-13,16-17,32H,2-3,10-11H2,1H3,(H,25,29)(H,26,33)(H,27,28,30). The lowest BCUT2D eigenvalue weighted by Crippen LogP contribution is -2.46. The van der Waals surface area contributed by atoms with E-state index in [0.717, 1.165) is 22.2 Å². The van der Waals surface area contributed by atoms with Crippen LogP contribution in [-0.2, 0) is 7.05 Å². The number of rotatable bonds is 6. The van der Waals surface area contributed by atoms with Crippen LogP contribution in [0.1, 0.15) is 47.5 Å². The Morgan fingerprint density at radius 3 is 2.67 bits per heavy atom. The van der Waals surface area contributed by atoms with E-state index in [0.29, 0.717) is 36.1 Å². The molecule has 1 amide bonds. The van der Waals surface area contributed by atoms with Crippen molar-refractivity contribution in [3.63, 3.8) is 0 Å². The van der Waals surface area contributed by atoms with Crippen molar-refractivity contribution in [1.82, 2.24) is 30.3 Å². The van der Waals surface area contributed by atoms with E-state index in [1.54, 1.807) is 16.8 Å². The van der Waals surface area contributed by atoms with Gasteiger partial charge in [-0.3, -0.25) is 9.89 Å². The molecule has 2 aromatic carbocycles. The number of anilines is 2. The highest BCUT2D eigenvalue weighted by Gasteiger charge is 2.30. The van der Waals surface area contributed by atoms with Gasteiger partial charge in [-0.2, -0.15) is 10.1 Å². The van der Waals surface area contributed by atoms with Crippen LogP contribution in [0.5, 0.6) is 0 Å². The lowest BCUT2D eigenvalue weighted by molar-refractivity contribution is 0.0562. The van der Waals surface area contributed by atoms with Crippen LogP contribution in [0.15, 0.2) is 42.6 Å². The Morgan fingerprint density at radius 2 is 1.94 bits per heavy atom. The Morgan fingerprint density at radius 1 is 1.15 bits per heavy atom. The van der Waals surface area contributed by atoms with Crippen molar-refractivity contribution in [1.29, 1.82) is 0 Å². The van der Waals surface area contributed by atoms with Gasteiger partial charge < -0.3 is 15.7 Å². The van der Waals surface area contributed by atoms with E-state index in [2.05, 4.69) is 32.0 Å². The molecule has 0 bridgehead atoms. The lowest BCUT2D eigenvalue weighted by Gasteiger charge is -2.31. The number of nitrogens with zero attached hydrogens (tertiary/aromatic N) is 4. The number of hydrogen-bond donors (Lipinski definition) is 4. The number of amides is 1. The quantitative estimate of drug-likeness (QED) is 0.363. The molecular weight excluding hydrogens is 418 g/mol. The molecule has 2 fully saturated rings. The van der Waals surface area contributed by atoms with E-state index in [1.807, 2.05) is 31.4 Å². The largest absolute Gasteiger partial charge is 0.393 e. The van der Waals surface area contributed by atoms with Crippen LogP contribution < -0.4 is 10.6 Å². The number of benzene rings is 2. The Hall–Kier alpha value is -3.72. The summed E-state index contributed by atoms with van der Waals surface area (Å²) in [5.41, 5.74) is 4.76. The zero-order chi connectivity index (χ0) is 22.5. The molecular formula is C24H25N7O2. The molecule has 2 aliphatic carbocycles. The maximum absolute atomic E-state index is 12.4. The zero-order valence-electron chi connectivity index (χ0n) is 18.2. The molecule has 2 aromatic heterocycles. The third-order valence-corrected chi connectivity index (χ3v) is 6.51. The van der Waals surface area contributed by atoms with Crippen molar-refractivity contribution < 1.29 is 9.90 Å². The number of carbonyl (C=O) groups is 1. The van der Waals surface area contributed by atoms with Gasteiger partial charge in [0.2, 0.25) is 5.95 Å². The summed E-state index contributed by atoms with van der Waals surface area (Å²) in [5, 5.41) is 28.8. The molecule has 2 aliphatic rings. The van der Waals surface area contributed by atoms with Crippen molar-refractivity contribution >= 4 is 28.4 Å².